The van der Waals surface area contributed by atoms with Gasteiger partial charge in [0.1, 0.15) is 0 Å². The number of aliphatic hydroxyl groups is 1. The monoisotopic (exact) mass is 365 g/mol. The van der Waals surface area contributed by atoms with Crippen LogP contribution in [0.25, 0.3) is 0 Å². The van der Waals surface area contributed by atoms with Crippen molar-refractivity contribution in [1.29, 1.82) is 0 Å². The van der Waals surface area contributed by atoms with Crippen molar-refractivity contribution in [3.05, 3.63) is 27.7 Å². The van der Waals surface area contributed by atoms with E-state index in [-0.39, 0.29) is 17.5 Å². The molecule has 0 aliphatic heterocycles. The summed E-state index contributed by atoms with van der Waals surface area (Å²) in [4.78, 5) is 0.130. The Labute approximate surface area is 128 Å². The van der Waals surface area contributed by atoms with Gasteiger partial charge in [-0.3, -0.25) is 0 Å². The van der Waals surface area contributed by atoms with E-state index in [4.69, 9.17) is 4.74 Å². The number of halogens is 1. The second-order valence-electron chi connectivity index (χ2n) is 4.56. The molecule has 1 aromatic carbocycles. The number of rotatable bonds is 7. The minimum atomic E-state index is -3.66. The highest BCUT2D eigenvalue weighted by atomic mass is 79.9. The quantitative estimate of drug-likeness (QED) is 0.774. The van der Waals surface area contributed by atoms with Gasteiger partial charge in [-0.2, -0.15) is 0 Å². The number of benzene rings is 1. The topological polar surface area (TPSA) is 75.6 Å². The van der Waals surface area contributed by atoms with Crippen LogP contribution in [0.2, 0.25) is 0 Å². The lowest BCUT2D eigenvalue weighted by Gasteiger charge is -2.16. The molecule has 20 heavy (non-hydrogen) atoms. The fraction of sp³-hybridized carbons (Fsp3) is 0.538. The first-order valence-corrected chi connectivity index (χ1v) is 8.59. The zero-order chi connectivity index (χ0) is 15.3. The van der Waals surface area contributed by atoms with Crippen molar-refractivity contribution in [2.45, 2.75) is 38.3 Å². The third-order valence-corrected chi connectivity index (χ3v) is 5.61. The Morgan fingerprint density at radius 2 is 2.10 bits per heavy atom. The summed E-state index contributed by atoms with van der Waals surface area (Å²) in [5, 5.41) is 9.19. The van der Waals surface area contributed by atoms with Gasteiger partial charge < -0.3 is 9.84 Å². The molecular weight excluding hydrogens is 346 g/mol. The lowest BCUT2D eigenvalue weighted by molar-refractivity contribution is 0.133. The number of aryl methyl sites for hydroxylation is 1. The van der Waals surface area contributed by atoms with Gasteiger partial charge in [0.2, 0.25) is 10.0 Å². The van der Waals surface area contributed by atoms with Crippen molar-refractivity contribution in [3.8, 4) is 0 Å². The van der Waals surface area contributed by atoms with E-state index in [1.54, 1.807) is 19.9 Å². The lowest BCUT2D eigenvalue weighted by Crippen LogP contribution is -2.36. The summed E-state index contributed by atoms with van der Waals surface area (Å²) in [5.41, 5.74) is 1.32. The molecule has 0 saturated heterocycles. The van der Waals surface area contributed by atoms with Gasteiger partial charge in [-0.05, 0) is 53.9 Å². The lowest BCUT2D eigenvalue weighted by atomic mass is 10.1. The van der Waals surface area contributed by atoms with Gasteiger partial charge in [0, 0.05) is 17.1 Å². The molecule has 114 valence electrons. The number of hydrogen-bond acceptors (Lipinski definition) is 4. The van der Waals surface area contributed by atoms with Crippen molar-refractivity contribution < 1.29 is 18.3 Å². The fourth-order valence-electron chi connectivity index (χ4n) is 1.75. The van der Waals surface area contributed by atoms with E-state index in [1.807, 2.05) is 6.92 Å². The average Bonchev–Trinajstić information content (AvgIpc) is 2.38. The SMILES string of the molecule is CCOCC(C)NS(=O)(=O)c1cc(CO)cc(C)c1Br. The third kappa shape index (κ3) is 4.53. The normalized spacial score (nSPS) is 13.4. The van der Waals surface area contributed by atoms with E-state index < -0.39 is 10.0 Å². The highest BCUT2D eigenvalue weighted by Crippen LogP contribution is 2.27. The van der Waals surface area contributed by atoms with Crippen molar-refractivity contribution in [3.63, 3.8) is 0 Å². The molecule has 1 aromatic rings. The van der Waals surface area contributed by atoms with Gasteiger partial charge in [-0.15, -0.1) is 0 Å². The van der Waals surface area contributed by atoms with Gasteiger partial charge in [0.15, 0.2) is 0 Å². The van der Waals surface area contributed by atoms with Crippen molar-refractivity contribution >= 4 is 26.0 Å². The molecule has 0 aromatic heterocycles. The Morgan fingerprint density at radius 1 is 1.45 bits per heavy atom. The van der Waals surface area contributed by atoms with Crippen LogP contribution in [-0.2, 0) is 21.4 Å². The Kier molecular flexibility index (Phi) is 6.60. The molecule has 0 bridgehead atoms. The van der Waals surface area contributed by atoms with E-state index in [1.165, 1.54) is 6.07 Å². The third-order valence-electron chi connectivity index (χ3n) is 2.68. The molecule has 0 radical (unpaired) electrons. The average molecular weight is 366 g/mol. The van der Waals surface area contributed by atoms with Crippen LogP contribution in [0.15, 0.2) is 21.5 Å². The van der Waals surface area contributed by atoms with E-state index in [0.717, 1.165) is 5.56 Å². The highest BCUT2D eigenvalue weighted by molar-refractivity contribution is 9.10. The molecule has 1 atom stereocenters. The standard InChI is InChI=1S/C13H20BrNO4S/c1-4-19-8-10(3)15-20(17,18)12-6-11(7-16)5-9(2)13(12)14/h5-6,10,15-16H,4,7-8H2,1-3H3. The highest BCUT2D eigenvalue weighted by Gasteiger charge is 2.22. The number of hydrogen-bond donors (Lipinski definition) is 2. The van der Waals surface area contributed by atoms with Crippen molar-refractivity contribution in [2.75, 3.05) is 13.2 Å². The van der Waals surface area contributed by atoms with Crippen LogP contribution in [0.1, 0.15) is 25.0 Å². The van der Waals surface area contributed by atoms with Gasteiger partial charge in [-0.25, -0.2) is 13.1 Å². The zero-order valence-electron chi connectivity index (χ0n) is 11.8. The van der Waals surface area contributed by atoms with E-state index in [2.05, 4.69) is 20.7 Å². The molecule has 0 aliphatic rings. The van der Waals surface area contributed by atoms with Crippen LogP contribution in [-0.4, -0.2) is 32.8 Å². The molecule has 0 aliphatic carbocycles. The smallest absolute Gasteiger partial charge is 0.242 e. The van der Waals surface area contributed by atoms with E-state index in [0.29, 0.717) is 23.2 Å². The largest absolute Gasteiger partial charge is 0.392 e. The molecule has 0 heterocycles. The minimum absolute atomic E-state index is 0.130. The van der Waals surface area contributed by atoms with Gasteiger partial charge in [-0.1, -0.05) is 6.07 Å². The molecule has 0 amide bonds. The Hall–Kier alpha value is -0.470. The maximum Gasteiger partial charge on any atom is 0.242 e. The van der Waals surface area contributed by atoms with E-state index >= 15 is 0 Å². The summed E-state index contributed by atoms with van der Waals surface area (Å²) >= 11 is 3.29. The van der Waals surface area contributed by atoms with E-state index in [9.17, 15) is 13.5 Å². The van der Waals surface area contributed by atoms with Crippen LogP contribution in [0, 0.1) is 6.92 Å². The second kappa shape index (κ2) is 7.51. The summed E-state index contributed by atoms with van der Waals surface area (Å²) in [5.74, 6) is 0. The molecule has 1 rings (SSSR count). The molecule has 2 N–H and O–H groups in total. The Morgan fingerprint density at radius 3 is 2.65 bits per heavy atom. The molecule has 0 saturated carbocycles. The van der Waals surface area contributed by atoms with Crippen LogP contribution in [0.4, 0.5) is 0 Å². The Balaban J connectivity index is 3.06. The number of nitrogens with one attached hydrogen (secondary N) is 1. The van der Waals surface area contributed by atoms with Gasteiger partial charge >= 0.3 is 0 Å². The first-order chi connectivity index (χ1) is 9.31. The number of aliphatic hydroxyl groups excluding tert-OH is 1. The van der Waals surface area contributed by atoms with Crippen LogP contribution >= 0.6 is 15.9 Å². The molecule has 1 unspecified atom stereocenters. The maximum absolute atomic E-state index is 12.4. The molecular formula is C13H20BrNO4S. The van der Waals surface area contributed by atoms with Crippen LogP contribution in [0.5, 0.6) is 0 Å². The maximum atomic E-state index is 12.4. The van der Waals surface area contributed by atoms with Gasteiger partial charge in [0.05, 0.1) is 18.1 Å². The summed E-state index contributed by atoms with van der Waals surface area (Å²) in [6.45, 7) is 6.02. The fourth-order valence-corrected chi connectivity index (χ4v) is 4.05. The number of sulfonamides is 1. The first kappa shape index (κ1) is 17.6. The molecule has 0 fully saturated rings. The zero-order valence-corrected chi connectivity index (χ0v) is 14.2. The van der Waals surface area contributed by atoms with Crippen molar-refractivity contribution in [1.82, 2.24) is 4.72 Å². The summed E-state index contributed by atoms with van der Waals surface area (Å²) < 4.78 is 33.0. The second-order valence-corrected chi connectivity index (χ2v) is 7.04. The van der Waals surface area contributed by atoms with Crippen molar-refractivity contribution in [2.24, 2.45) is 0 Å². The summed E-state index contributed by atoms with van der Waals surface area (Å²) in [6.07, 6.45) is 0. The molecule has 7 heteroatoms. The minimum Gasteiger partial charge on any atom is -0.392 e. The predicted octanol–water partition coefficient (Wildman–Crippen LogP) is 1.95. The number of ether oxygens (including phenoxy) is 1. The summed E-state index contributed by atoms with van der Waals surface area (Å²) in [7, 11) is -3.66. The van der Waals surface area contributed by atoms with Gasteiger partial charge in [0.25, 0.3) is 0 Å². The predicted molar refractivity (Wildman–Crippen MR) is 81.1 cm³/mol. The summed E-state index contributed by atoms with van der Waals surface area (Å²) in [6, 6.07) is 2.88. The van der Waals surface area contributed by atoms with Crippen LogP contribution < -0.4 is 4.72 Å². The molecule has 5 nitrogen and oxygen atoms in total. The first-order valence-electron chi connectivity index (χ1n) is 6.31. The Bertz CT molecular complexity index is 560. The van der Waals surface area contributed by atoms with Crippen LogP contribution in [0.3, 0.4) is 0 Å². The molecule has 0 spiro atoms.